The summed E-state index contributed by atoms with van der Waals surface area (Å²) >= 11 is 0. The molecular formula is C15H20N2O. The van der Waals surface area contributed by atoms with Crippen molar-refractivity contribution in [1.82, 2.24) is 4.57 Å². The first kappa shape index (κ1) is 11.6. The third kappa shape index (κ3) is 1.47. The number of nitrogens with two attached hydrogens (primary N) is 1. The van der Waals surface area contributed by atoms with Gasteiger partial charge in [0.15, 0.2) is 0 Å². The fourth-order valence-electron chi connectivity index (χ4n) is 3.31. The molecule has 0 saturated carbocycles. The lowest BCUT2D eigenvalue weighted by molar-refractivity contribution is 0.417. The van der Waals surface area contributed by atoms with Crippen LogP contribution in [0.1, 0.15) is 35.7 Å². The smallest absolute Gasteiger partial charge is 0.143 e. The van der Waals surface area contributed by atoms with Crippen LogP contribution < -0.4 is 10.5 Å². The Labute approximate surface area is 108 Å². The van der Waals surface area contributed by atoms with E-state index < -0.39 is 0 Å². The van der Waals surface area contributed by atoms with Crippen molar-refractivity contribution in [3.05, 3.63) is 29.0 Å². The summed E-state index contributed by atoms with van der Waals surface area (Å²) in [5, 5.41) is 1.32. The molecule has 0 spiro atoms. The van der Waals surface area contributed by atoms with Gasteiger partial charge in [-0.15, -0.1) is 0 Å². The number of aryl methyl sites for hydroxylation is 3. The van der Waals surface area contributed by atoms with Gasteiger partial charge in [0.25, 0.3) is 0 Å². The first-order valence-electron chi connectivity index (χ1n) is 6.55. The van der Waals surface area contributed by atoms with Crippen LogP contribution in [0.3, 0.4) is 0 Å². The number of rotatable bonds is 1. The van der Waals surface area contributed by atoms with Crippen molar-refractivity contribution in [2.75, 3.05) is 7.11 Å². The average molecular weight is 244 g/mol. The van der Waals surface area contributed by atoms with Crippen molar-refractivity contribution in [3.8, 4) is 5.75 Å². The predicted octanol–water partition coefficient (Wildman–Crippen LogP) is 2.83. The van der Waals surface area contributed by atoms with Crippen LogP contribution in [0, 0.1) is 6.92 Å². The Bertz CT molecular complexity index is 613. The van der Waals surface area contributed by atoms with Crippen LogP contribution >= 0.6 is 0 Å². The lowest BCUT2D eigenvalue weighted by Crippen LogP contribution is -2.19. The number of methoxy groups -OCH3 is 1. The maximum Gasteiger partial charge on any atom is 0.143 e. The van der Waals surface area contributed by atoms with Crippen molar-refractivity contribution < 1.29 is 4.74 Å². The Kier molecular flexibility index (Phi) is 2.59. The van der Waals surface area contributed by atoms with Crippen LogP contribution in [-0.2, 0) is 13.5 Å². The first-order valence-corrected chi connectivity index (χ1v) is 6.55. The van der Waals surface area contributed by atoms with E-state index in [2.05, 4.69) is 30.7 Å². The zero-order valence-corrected chi connectivity index (χ0v) is 11.3. The molecule has 3 heteroatoms. The molecule has 2 N–H and O–H groups in total. The van der Waals surface area contributed by atoms with Crippen LogP contribution in [0.25, 0.3) is 10.9 Å². The van der Waals surface area contributed by atoms with Crippen molar-refractivity contribution >= 4 is 10.9 Å². The van der Waals surface area contributed by atoms with Crippen LogP contribution in [0.5, 0.6) is 5.75 Å². The van der Waals surface area contributed by atoms with Gasteiger partial charge < -0.3 is 15.0 Å². The number of benzene rings is 1. The molecule has 2 aromatic rings. The molecule has 3 nitrogen and oxygen atoms in total. The van der Waals surface area contributed by atoms with Crippen molar-refractivity contribution in [1.29, 1.82) is 0 Å². The van der Waals surface area contributed by atoms with E-state index in [-0.39, 0.29) is 6.04 Å². The maximum absolute atomic E-state index is 6.28. The van der Waals surface area contributed by atoms with Gasteiger partial charge in [0.2, 0.25) is 0 Å². The highest BCUT2D eigenvalue weighted by Crippen LogP contribution is 2.39. The van der Waals surface area contributed by atoms with E-state index in [1.807, 2.05) is 0 Å². The fourth-order valence-corrected chi connectivity index (χ4v) is 3.31. The second kappa shape index (κ2) is 4.02. The van der Waals surface area contributed by atoms with Crippen LogP contribution in [0.2, 0.25) is 0 Å². The van der Waals surface area contributed by atoms with Gasteiger partial charge in [-0.1, -0.05) is 0 Å². The summed E-state index contributed by atoms with van der Waals surface area (Å²) in [7, 11) is 3.84. The highest BCUT2D eigenvalue weighted by Gasteiger charge is 2.25. The number of aromatic nitrogens is 1. The number of hydrogen-bond donors (Lipinski definition) is 1. The van der Waals surface area contributed by atoms with E-state index in [1.54, 1.807) is 7.11 Å². The van der Waals surface area contributed by atoms with E-state index in [0.29, 0.717) is 0 Å². The van der Waals surface area contributed by atoms with E-state index >= 15 is 0 Å². The topological polar surface area (TPSA) is 40.2 Å². The molecule has 18 heavy (non-hydrogen) atoms. The lowest BCUT2D eigenvalue weighted by Gasteiger charge is -2.20. The number of fused-ring (bicyclic) bond motifs is 3. The van der Waals surface area contributed by atoms with E-state index in [1.165, 1.54) is 34.1 Å². The monoisotopic (exact) mass is 244 g/mol. The van der Waals surface area contributed by atoms with E-state index in [9.17, 15) is 0 Å². The van der Waals surface area contributed by atoms with Gasteiger partial charge in [0.05, 0.1) is 12.6 Å². The summed E-state index contributed by atoms with van der Waals surface area (Å²) in [6.45, 7) is 2.12. The molecule has 0 bridgehead atoms. The Morgan fingerprint density at radius 3 is 2.89 bits per heavy atom. The fraction of sp³-hybridized carbons (Fsp3) is 0.467. The van der Waals surface area contributed by atoms with Gasteiger partial charge in [-0.25, -0.2) is 0 Å². The van der Waals surface area contributed by atoms with Crippen molar-refractivity contribution in [2.45, 2.75) is 32.2 Å². The largest absolute Gasteiger partial charge is 0.495 e. The molecule has 1 aliphatic rings. The molecule has 0 aliphatic heterocycles. The van der Waals surface area contributed by atoms with Gasteiger partial charge in [-0.3, -0.25) is 0 Å². The molecule has 3 rings (SSSR count). The molecule has 1 unspecified atom stereocenters. The summed E-state index contributed by atoms with van der Waals surface area (Å²) in [5.74, 6) is 0.953. The van der Waals surface area contributed by atoms with Gasteiger partial charge >= 0.3 is 0 Å². The third-order valence-electron chi connectivity index (χ3n) is 4.06. The molecule has 0 fully saturated rings. The number of nitrogens with zero attached hydrogens (tertiary/aromatic N) is 1. The van der Waals surface area contributed by atoms with Crippen LogP contribution in [0.4, 0.5) is 0 Å². The maximum atomic E-state index is 6.28. The van der Waals surface area contributed by atoms with Crippen LogP contribution in [-0.4, -0.2) is 11.7 Å². The highest BCUT2D eigenvalue weighted by molar-refractivity contribution is 5.91. The summed E-state index contributed by atoms with van der Waals surface area (Å²) in [6, 6.07) is 4.52. The van der Waals surface area contributed by atoms with E-state index in [0.717, 1.165) is 18.6 Å². The Morgan fingerprint density at radius 2 is 2.17 bits per heavy atom. The zero-order chi connectivity index (χ0) is 12.9. The molecule has 96 valence electrons. The minimum atomic E-state index is 0.163. The second-order valence-electron chi connectivity index (χ2n) is 5.28. The van der Waals surface area contributed by atoms with Gasteiger partial charge in [-0.2, -0.15) is 0 Å². The predicted molar refractivity (Wildman–Crippen MR) is 74.1 cm³/mol. The molecule has 0 saturated heterocycles. The van der Waals surface area contributed by atoms with Crippen molar-refractivity contribution in [3.63, 3.8) is 0 Å². The van der Waals surface area contributed by atoms with Gasteiger partial charge in [0.1, 0.15) is 5.75 Å². The molecule has 1 aromatic heterocycles. The molecule has 1 atom stereocenters. The van der Waals surface area contributed by atoms with Crippen LogP contribution in [0.15, 0.2) is 12.1 Å². The lowest BCUT2D eigenvalue weighted by atomic mass is 9.92. The summed E-state index contributed by atoms with van der Waals surface area (Å²) in [5.41, 5.74) is 11.4. The first-order chi connectivity index (χ1) is 8.63. The quantitative estimate of drug-likeness (QED) is 0.838. The Morgan fingerprint density at radius 1 is 1.39 bits per heavy atom. The average Bonchev–Trinajstić information content (AvgIpc) is 2.63. The summed E-state index contributed by atoms with van der Waals surface area (Å²) in [6.07, 6.45) is 3.40. The van der Waals surface area contributed by atoms with Crippen molar-refractivity contribution in [2.24, 2.45) is 12.8 Å². The number of ether oxygens (including phenoxy) is 1. The standard InChI is InChI=1S/C15H20N2O/c1-9-7-11-10-5-4-6-12(16)14(10)17(2)15(11)13(8-9)18-3/h7-8,12H,4-6,16H2,1-3H3. The van der Waals surface area contributed by atoms with E-state index in [4.69, 9.17) is 10.5 Å². The van der Waals surface area contributed by atoms with Gasteiger partial charge in [0, 0.05) is 24.2 Å². The summed E-state index contributed by atoms with van der Waals surface area (Å²) < 4.78 is 7.77. The Balaban J connectivity index is 2.42. The molecule has 1 aliphatic carbocycles. The molecular weight excluding hydrogens is 224 g/mol. The SMILES string of the molecule is COc1cc(C)cc2c3c(n(C)c12)C(N)CCC3. The molecule has 0 amide bonds. The van der Waals surface area contributed by atoms with Gasteiger partial charge in [-0.05, 0) is 49.4 Å². The minimum Gasteiger partial charge on any atom is -0.495 e. The zero-order valence-electron chi connectivity index (χ0n) is 11.3. The summed E-state index contributed by atoms with van der Waals surface area (Å²) in [4.78, 5) is 0. The normalized spacial score (nSPS) is 19.0. The molecule has 1 heterocycles. The highest BCUT2D eigenvalue weighted by atomic mass is 16.5. The molecule has 1 aromatic carbocycles. The third-order valence-corrected chi connectivity index (χ3v) is 4.06. The Hall–Kier alpha value is -1.48. The number of hydrogen-bond acceptors (Lipinski definition) is 2. The second-order valence-corrected chi connectivity index (χ2v) is 5.28. The molecule has 0 radical (unpaired) electrons. The minimum absolute atomic E-state index is 0.163.